The van der Waals surface area contributed by atoms with E-state index in [0.717, 1.165) is 22.9 Å². The summed E-state index contributed by atoms with van der Waals surface area (Å²) in [6.07, 6.45) is 2.84. The fourth-order valence-electron chi connectivity index (χ4n) is 1.87. The molecule has 1 aliphatic heterocycles. The van der Waals surface area contributed by atoms with Crippen molar-refractivity contribution in [3.63, 3.8) is 0 Å². The molecule has 4 nitrogen and oxygen atoms in total. The van der Waals surface area contributed by atoms with Crippen LogP contribution in [0.25, 0.3) is 0 Å². The van der Waals surface area contributed by atoms with Gasteiger partial charge in [0, 0.05) is 19.2 Å². The lowest BCUT2D eigenvalue weighted by Crippen LogP contribution is -2.19. The van der Waals surface area contributed by atoms with Crippen LogP contribution in [0.5, 0.6) is 0 Å². The predicted octanol–water partition coefficient (Wildman–Crippen LogP) is 1.60. The summed E-state index contributed by atoms with van der Waals surface area (Å²) < 4.78 is 0.823. The fourth-order valence-corrected chi connectivity index (χ4v) is 2.18. The van der Waals surface area contributed by atoms with Crippen LogP contribution in [0.1, 0.15) is 6.42 Å². The standard InChI is InChI=1S/C10H15BrN4/c1-15-3-2-8(6-15)5-12-10-4-9(11)13-7-14-10/h4,7-8H,2-3,5-6H2,1H3,(H,12,13,14). The second-order valence-corrected chi connectivity index (χ2v) is 4.84. The van der Waals surface area contributed by atoms with Crippen molar-refractivity contribution >= 4 is 21.7 Å². The van der Waals surface area contributed by atoms with E-state index in [2.05, 4.69) is 43.2 Å². The van der Waals surface area contributed by atoms with Crippen LogP contribution in [-0.2, 0) is 0 Å². The average molecular weight is 271 g/mol. The van der Waals surface area contributed by atoms with Gasteiger partial charge in [-0.2, -0.15) is 0 Å². The molecule has 0 radical (unpaired) electrons. The summed E-state index contributed by atoms with van der Waals surface area (Å²) in [5, 5.41) is 3.34. The third-order valence-electron chi connectivity index (χ3n) is 2.69. The molecule has 0 saturated carbocycles. The molecule has 1 aromatic rings. The van der Waals surface area contributed by atoms with Gasteiger partial charge in [0.15, 0.2) is 0 Å². The molecule has 0 bridgehead atoms. The molecular formula is C10H15BrN4. The minimum atomic E-state index is 0.740. The maximum atomic E-state index is 4.15. The number of hydrogen-bond acceptors (Lipinski definition) is 4. The Morgan fingerprint density at radius 1 is 1.60 bits per heavy atom. The number of rotatable bonds is 3. The normalized spacial score (nSPS) is 21.9. The van der Waals surface area contributed by atoms with E-state index in [9.17, 15) is 0 Å². The molecule has 1 unspecified atom stereocenters. The quantitative estimate of drug-likeness (QED) is 0.848. The summed E-state index contributed by atoms with van der Waals surface area (Å²) in [5.74, 6) is 1.63. The van der Waals surface area contributed by atoms with E-state index in [1.807, 2.05) is 6.07 Å². The molecule has 0 aliphatic carbocycles. The monoisotopic (exact) mass is 270 g/mol. The Labute approximate surface area is 98.2 Å². The molecule has 5 heteroatoms. The number of halogens is 1. The van der Waals surface area contributed by atoms with Crippen LogP contribution in [0.2, 0.25) is 0 Å². The average Bonchev–Trinajstić information content (AvgIpc) is 2.62. The predicted molar refractivity (Wildman–Crippen MR) is 63.8 cm³/mol. The van der Waals surface area contributed by atoms with Gasteiger partial charge in [-0.3, -0.25) is 0 Å². The lowest BCUT2D eigenvalue weighted by atomic mass is 10.1. The Hall–Kier alpha value is -0.680. The molecule has 1 fully saturated rings. The van der Waals surface area contributed by atoms with Gasteiger partial charge in [0.05, 0.1) is 0 Å². The zero-order valence-corrected chi connectivity index (χ0v) is 10.4. The first-order chi connectivity index (χ1) is 7.24. The molecule has 0 aromatic carbocycles. The summed E-state index contributed by atoms with van der Waals surface area (Å²) in [4.78, 5) is 10.5. The van der Waals surface area contributed by atoms with Gasteiger partial charge < -0.3 is 10.2 Å². The number of aromatic nitrogens is 2. The van der Waals surface area contributed by atoms with Crippen molar-refractivity contribution < 1.29 is 0 Å². The molecule has 2 rings (SSSR count). The molecule has 15 heavy (non-hydrogen) atoms. The number of likely N-dealkylation sites (tertiary alicyclic amines) is 1. The van der Waals surface area contributed by atoms with Crippen molar-refractivity contribution in [3.05, 3.63) is 17.0 Å². The van der Waals surface area contributed by atoms with E-state index in [4.69, 9.17) is 0 Å². The van der Waals surface area contributed by atoms with E-state index in [1.165, 1.54) is 19.5 Å². The summed E-state index contributed by atoms with van der Waals surface area (Å²) >= 11 is 3.33. The lowest BCUT2D eigenvalue weighted by molar-refractivity contribution is 0.399. The number of nitrogens with zero attached hydrogens (tertiary/aromatic N) is 3. The van der Waals surface area contributed by atoms with E-state index in [-0.39, 0.29) is 0 Å². The molecule has 1 aromatic heterocycles. The molecule has 0 amide bonds. The molecule has 1 N–H and O–H groups in total. The van der Waals surface area contributed by atoms with Gasteiger partial charge >= 0.3 is 0 Å². The third-order valence-corrected chi connectivity index (χ3v) is 3.13. The van der Waals surface area contributed by atoms with Crippen molar-refractivity contribution in [1.29, 1.82) is 0 Å². The Bertz CT molecular complexity index is 331. The minimum Gasteiger partial charge on any atom is -0.370 e. The zero-order valence-electron chi connectivity index (χ0n) is 8.78. The van der Waals surface area contributed by atoms with Crippen LogP contribution >= 0.6 is 15.9 Å². The van der Waals surface area contributed by atoms with Crippen LogP contribution < -0.4 is 5.32 Å². The molecule has 1 atom stereocenters. The van der Waals surface area contributed by atoms with E-state index >= 15 is 0 Å². The molecule has 0 spiro atoms. The van der Waals surface area contributed by atoms with Crippen molar-refractivity contribution in [2.45, 2.75) is 6.42 Å². The summed E-state index contributed by atoms with van der Waals surface area (Å²) in [7, 11) is 2.17. The van der Waals surface area contributed by atoms with Crippen LogP contribution in [0.4, 0.5) is 5.82 Å². The number of nitrogens with one attached hydrogen (secondary N) is 1. The maximum Gasteiger partial charge on any atom is 0.130 e. The van der Waals surface area contributed by atoms with Gasteiger partial charge in [-0.1, -0.05) is 0 Å². The minimum absolute atomic E-state index is 0.740. The first-order valence-corrected chi connectivity index (χ1v) is 5.93. The Balaban J connectivity index is 1.83. The Morgan fingerprint density at radius 3 is 3.13 bits per heavy atom. The number of hydrogen-bond donors (Lipinski definition) is 1. The SMILES string of the molecule is CN1CCC(CNc2cc(Br)ncn2)C1. The smallest absolute Gasteiger partial charge is 0.130 e. The van der Waals surface area contributed by atoms with E-state index < -0.39 is 0 Å². The van der Waals surface area contributed by atoms with E-state index in [0.29, 0.717) is 0 Å². The summed E-state index contributed by atoms with van der Waals surface area (Å²) in [6.45, 7) is 3.38. The highest BCUT2D eigenvalue weighted by Crippen LogP contribution is 2.15. The lowest BCUT2D eigenvalue weighted by Gasteiger charge is -2.11. The van der Waals surface area contributed by atoms with Crippen molar-refractivity contribution in [1.82, 2.24) is 14.9 Å². The maximum absolute atomic E-state index is 4.15. The van der Waals surface area contributed by atoms with Crippen molar-refractivity contribution in [3.8, 4) is 0 Å². The molecule has 1 aliphatic rings. The van der Waals surface area contributed by atoms with Crippen molar-refractivity contribution in [2.24, 2.45) is 5.92 Å². The first-order valence-electron chi connectivity index (χ1n) is 5.14. The summed E-state index contributed by atoms with van der Waals surface area (Å²) in [6, 6.07) is 1.90. The summed E-state index contributed by atoms with van der Waals surface area (Å²) in [5.41, 5.74) is 0. The van der Waals surface area contributed by atoms with Crippen LogP contribution in [0.15, 0.2) is 17.0 Å². The molecule has 1 saturated heterocycles. The number of anilines is 1. The van der Waals surface area contributed by atoms with Crippen LogP contribution in [0, 0.1) is 5.92 Å². The molecule has 82 valence electrons. The first kappa shape index (κ1) is 10.8. The van der Waals surface area contributed by atoms with Gasteiger partial charge in [-0.15, -0.1) is 0 Å². The fraction of sp³-hybridized carbons (Fsp3) is 0.600. The van der Waals surface area contributed by atoms with Crippen LogP contribution in [-0.4, -0.2) is 41.5 Å². The second-order valence-electron chi connectivity index (χ2n) is 4.02. The van der Waals surface area contributed by atoms with Gasteiger partial charge in [-0.25, -0.2) is 9.97 Å². The highest BCUT2D eigenvalue weighted by atomic mass is 79.9. The topological polar surface area (TPSA) is 41.0 Å². The largest absolute Gasteiger partial charge is 0.370 e. The highest BCUT2D eigenvalue weighted by molar-refractivity contribution is 9.10. The highest BCUT2D eigenvalue weighted by Gasteiger charge is 2.18. The van der Waals surface area contributed by atoms with Crippen molar-refractivity contribution in [2.75, 3.05) is 32.0 Å². The second kappa shape index (κ2) is 4.90. The Kier molecular flexibility index (Phi) is 3.53. The van der Waals surface area contributed by atoms with Gasteiger partial charge in [0.25, 0.3) is 0 Å². The Morgan fingerprint density at radius 2 is 2.47 bits per heavy atom. The third kappa shape index (κ3) is 3.14. The van der Waals surface area contributed by atoms with Gasteiger partial charge in [-0.05, 0) is 41.9 Å². The van der Waals surface area contributed by atoms with Crippen LogP contribution in [0.3, 0.4) is 0 Å². The van der Waals surface area contributed by atoms with E-state index in [1.54, 1.807) is 6.33 Å². The zero-order chi connectivity index (χ0) is 10.7. The van der Waals surface area contributed by atoms with Gasteiger partial charge in [0.2, 0.25) is 0 Å². The molecular weight excluding hydrogens is 256 g/mol. The molecule has 2 heterocycles. The van der Waals surface area contributed by atoms with Gasteiger partial charge in [0.1, 0.15) is 16.7 Å².